The molecule has 1 heterocycles. The fourth-order valence-corrected chi connectivity index (χ4v) is 1.11. The molecule has 0 saturated heterocycles. The molecule has 0 atom stereocenters. The number of ether oxygens (including phenoxy) is 1. The standard InChI is InChI=1S/C9H14BNO3/c1-3-6-14-9-5-4-8(10(12)13)7(2)11-9/h4-5,12-13H,3,6H2,1-2H3. The van der Waals surface area contributed by atoms with Crippen LogP contribution < -0.4 is 10.2 Å². The fourth-order valence-electron chi connectivity index (χ4n) is 1.11. The molecule has 0 fully saturated rings. The molecule has 0 unspecified atom stereocenters. The topological polar surface area (TPSA) is 62.6 Å². The highest BCUT2D eigenvalue weighted by Gasteiger charge is 2.14. The summed E-state index contributed by atoms with van der Waals surface area (Å²) in [5.74, 6) is 0.522. The van der Waals surface area contributed by atoms with Gasteiger partial charge in [-0.2, -0.15) is 0 Å². The minimum absolute atomic E-state index is 0.411. The smallest absolute Gasteiger partial charge is 0.478 e. The summed E-state index contributed by atoms with van der Waals surface area (Å²) in [5.41, 5.74) is 0.988. The quantitative estimate of drug-likeness (QED) is 0.656. The second-order valence-electron chi connectivity index (χ2n) is 3.05. The van der Waals surface area contributed by atoms with E-state index in [2.05, 4.69) is 4.98 Å². The van der Waals surface area contributed by atoms with Gasteiger partial charge < -0.3 is 14.8 Å². The third-order valence-electron chi connectivity index (χ3n) is 1.83. The Labute approximate surface area is 83.7 Å². The molecule has 1 rings (SSSR count). The summed E-state index contributed by atoms with van der Waals surface area (Å²) in [4.78, 5) is 4.09. The van der Waals surface area contributed by atoms with Crippen molar-refractivity contribution in [2.75, 3.05) is 6.61 Å². The van der Waals surface area contributed by atoms with Crippen LogP contribution in [0.4, 0.5) is 0 Å². The molecule has 14 heavy (non-hydrogen) atoms. The molecule has 0 radical (unpaired) electrons. The van der Waals surface area contributed by atoms with Gasteiger partial charge >= 0.3 is 7.12 Å². The maximum Gasteiger partial charge on any atom is 0.490 e. The van der Waals surface area contributed by atoms with Gasteiger partial charge in [-0.1, -0.05) is 13.0 Å². The van der Waals surface area contributed by atoms with Gasteiger partial charge in [0.1, 0.15) is 0 Å². The maximum absolute atomic E-state index is 8.95. The summed E-state index contributed by atoms with van der Waals surface area (Å²) in [7, 11) is -1.47. The molecule has 0 spiro atoms. The Morgan fingerprint density at radius 2 is 2.14 bits per heavy atom. The van der Waals surface area contributed by atoms with Crippen molar-refractivity contribution in [2.45, 2.75) is 20.3 Å². The Morgan fingerprint density at radius 3 is 2.64 bits per heavy atom. The van der Waals surface area contributed by atoms with E-state index in [1.165, 1.54) is 0 Å². The van der Waals surface area contributed by atoms with Crippen LogP contribution in [0.25, 0.3) is 0 Å². The Bertz CT molecular complexity index is 304. The monoisotopic (exact) mass is 195 g/mol. The molecule has 0 aliphatic carbocycles. The number of hydrogen-bond acceptors (Lipinski definition) is 4. The highest BCUT2D eigenvalue weighted by molar-refractivity contribution is 6.59. The van der Waals surface area contributed by atoms with Crippen molar-refractivity contribution in [3.05, 3.63) is 17.8 Å². The van der Waals surface area contributed by atoms with E-state index in [4.69, 9.17) is 14.8 Å². The third-order valence-corrected chi connectivity index (χ3v) is 1.83. The van der Waals surface area contributed by atoms with E-state index >= 15 is 0 Å². The maximum atomic E-state index is 8.95. The van der Waals surface area contributed by atoms with Crippen molar-refractivity contribution in [3.8, 4) is 5.88 Å². The van der Waals surface area contributed by atoms with E-state index in [0.29, 0.717) is 23.6 Å². The van der Waals surface area contributed by atoms with Crippen molar-refractivity contribution in [2.24, 2.45) is 0 Å². The first-order valence-electron chi connectivity index (χ1n) is 4.61. The second kappa shape index (κ2) is 4.98. The van der Waals surface area contributed by atoms with Crippen LogP contribution in [-0.4, -0.2) is 28.8 Å². The van der Waals surface area contributed by atoms with Crippen LogP contribution in [0.1, 0.15) is 19.0 Å². The predicted octanol–water partition coefficient (Wildman–Crippen LogP) is -0.141. The zero-order chi connectivity index (χ0) is 10.6. The van der Waals surface area contributed by atoms with Crippen molar-refractivity contribution in [3.63, 3.8) is 0 Å². The predicted molar refractivity (Wildman–Crippen MR) is 54.6 cm³/mol. The van der Waals surface area contributed by atoms with Crippen LogP contribution in [0.15, 0.2) is 12.1 Å². The van der Waals surface area contributed by atoms with Gasteiger partial charge in [0.15, 0.2) is 0 Å². The Morgan fingerprint density at radius 1 is 1.43 bits per heavy atom. The molecule has 0 aromatic carbocycles. The second-order valence-corrected chi connectivity index (χ2v) is 3.05. The first-order chi connectivity index (χ1) is 6.65. The molecule has 0 aliphatic heterocycles. The Hall–Kier alpha value is -1.07. The molecule has 1 aromatic heterocycles. The lowest BCUT2D eigenvalue weighted by molar-refractivity contribution is 0.305. The molecule has 0 saturated carbocycles. The van der Waals surface area contributed by atoms with Crippen LogP contribution in [-0.2, 0) is 0 Å². The van der Waals surface area contributed by atoms with E-state index in [-0.39, 0.29) is 0 Å². The van der Waals surface area contributed by atoms with Gasteiger partial charge in [0, 0.05) is 11.2 Å². The number of aromatic nitrogens is 1. The summed E-state index contributed by atoms with van der Waals surface area (Å²) < 4.78 is 5.30. The van der Waals surface area contributed by atoms with Gasteiger partial charge in [0.25, 0.3) is 0 Å². The van der Waals surface area contributed by atoms with Gasteiger partial charge in [0.2, 0.25) is 5.88 Å². The summed E-state index contributed by atoms with van der Waals surface area (Å²) in [6, 6.07) is 3.25. The average Bonchev–Trinajstić information content (AvgIpc) is 2.14. The van der Waals surface area contributed by atoms with Crippen LogP contribution in [0.2, 0.25) is 0 Å². The van der Waals surface area contributed by atoms with Gasteiger partial charge in [-0.25, -0.2) is 4.98 Å². The molecule has 76 valence electrons. The molecule has 0 aliphatic rings. The van der Waals surface area contributed by atoms with Crippen molar-refractivity contribution < 1.29 is 14.8 Å². The number of pyridine rings is 1. The van der Waals surface area contributed by atoms with Crippen molar-refractivity contribution in [1.82, 2.24) is 4.98 Å². The van der Waals surface area contributed by atoms with Gasteiger partial charge in [-0.3, -0.25) is 0 Å². The SMILES string of the molecule is CCCOc1ccc(B(O)O)c(C)n1. The summed E-state index contributed by atoms with van der Waals surface area (Å²) >= 11 is 0. The van der Waals surface area contributed by atoms with E-state index < -0.39 is 7.12 Å². The summed E-state index contributed by atoms with van der Waals surface area (Å²) in [5, 5.41) is 17.9. The third kappa shape index (κ3) is 2.72. The normalized spacial score (nSPS) is 10.0. The van der Waals surface area contributed by atoms with Crippen LogP contribution in [0, 0.1) is 6.92 Å². The minimum Gasteiger partial charge on any atom is -0.478 e. The van der Waals surface area contributed by atoms with E-state index in [9.17, 15) is 0 Å². The molecular weight excluding hydrogens is 181 g/mol. The molecule has 0 amide bonds. The molecule has 0 bridgehead atoms. The van der Waals surface area contributed by atoms with E-state index in [1.807, 2.05) is 6.92 Å². The van der Waals surface area contributed by atoms with E-state index in [0.717, 1.165) is 6.42 Å². The van der Waals surface area contributed by atoms with Crippen LogP contribution in [0.3, 0.4) is 0 Å². The van der Waals surface area contributed by atoms with Gasteiger partial charge in [0.05, 0.1) is 6.61 Å². The lowest BCUT2D eigenvalue weighted by Crippen LogP contribution is -2.32. The lowest BCUT2D eigenvalue weighted by Gasteiger charge is -2.07. The van der Waals surface area contributed by atoms with Gasteiger partial charge in [-0.05, 0) is 19.4 Å². The minimum atomic E-state index is -1.47. The number of nitrogens with zero attached hydrogens (tertiary/aromatic N) is 1. The molecule has 1 aromatic rings. The summed E-state index contributed by atoms with van der Waals surface area (Å²) in [6.45, 7) is 4.35. The van der Waals surface area contributed by atoms with Gasteiger partial charge in [-0.15, -0.1) is 0 Å². The summed E-state index contributed by atoms with van der Waals surface area (Å²) in [6.07, 6.45) is 0.922. The lowest BCUT2D eigenvalue weighted by atomic mass is 9.79. The number of hydrogen-bond donors (Lipinski definition) is 2. The fraction of sp³-hybridized carbons (Fsp3) is 0.444. The first kappa shape index (κ1) is 11.0. The van der Waals surface area contributed by atoms with Crippen LogP contribution >= 0.6 is 0 Å². The first-order valence-corrected chi connectivity index (χ1v) is 4.61. The molecule has 5 heteroatoms. The van der Waals surface area contributed by atoms with Crippen molar-refractivity contribution in [1.29, 1.82) is 0 Å². The largest absolute Gasteiger partial charge is 0.490 e. The van der Waals surface area contributed by atoms with Crippen molar-refractivity contribution >= 4 is 12.6 Å². The molecule has 4 nitrogen and oxygen atoms in total. The number of aryl methyl sites for hydroxylation is 1. The zero-order valence-corrected chi connectivity index (χ0v) is 8.40. The highest BCUT2D eigenvalue weighted by Crippen LogP contribution is 2.05. The average molecular weight is 195 g/mol. The Balaban J connectivity index is 2.78. The molecule has 2 N–H and O–H groups in total. The van der Waals surface area contributed by atoms with Crippen LogP contribution in [0.5, 0.6) is 5.88 Å². The van der Waals surface area contributed by atoms with E-state index in [1.54, 1.807) is 19.1 Å². The molecular formula is C9H14BNO3. The number of rotatable bonds is 4. The highest BCUT2D eigenvalue weighted by atomic mass is 16.5. The Kier molecular flexibility index (Phi) is 3.91. The zero-order valence-electron chi connectivity index (χ0n) is 8.40.